The Morgan fingerprint density at radius 3 is 2.42 bits per heavy atom. The molecule has 0 unspecified atom stereocenters. The van der Waals surface area contributed by atoms with E-state index in [0.717, 1.165) is 22.3 Å². The molecule has 4 aromatic rings. The molecule has 3 nitrogen and oxygen atoms in total. The fraction of sp³-hybridized carbons (Fsp3) is 0.100. The maximum atomic E-state index is 4.60. The quantitative estimate of drug-likeness (QED) is 0.413. The molecule has 4 heteroatoms. The minimum absolute atomic E-state index is 0.963. The Labute approximate surface area is 154 Å². The molecule has 0 aliphatic carbocycles. The first-order valence-corrected chi connectivity index (χ1v) is 8.86. The zero-order valence-corrected chi connectivity index (χ0v) is 15.7. The van der Waals surface area contributed by atoms with E-state index in [1.807, 2.05) is 6.07 Å². The molecule has 0 radical (unpaired) electrons. The molecule has 0 bridgehead atoms. The van der Waals surface area contributed by atoms with Gasteiger partial charge in [0.15, 0.2) is 0 Å². The van der Waals surface area contributed by atoms with Crippen LogP contribution in [0.25, 0.3) is 33.5 Å². The summed E-state index contributed by atoms with van der Waals surface area (Å²) in [6, 6.07) is 18.9. The zero-order chi connectivity index (χ0) is 16.7. The van der Waals surface area contributed by atoms with Crippen LogP contribution in [0.1, 0.15) is 5.56 Å². The van der Waals surface area contributed by atoms with Crippen LogP contribution in [0.2, 0.25) is 0 Å². The van der Waals surface area contributed by atoms with Crippen molar-refractivity contribution in [2.24, 2.45) is 7.05 Å². The van der Waals surface area contributed by atoms with E-state index in [2.05, 4.69) is 99.6 Å². The summed E-state index contributed by atoms with van der Waals surface area (Å²) < 4.78 is 3.35. The van der Waals surface area contributed by atoms with E-state index in [-0.39, 0.29) is 0 Å². The van der Waals surface area contributed by atoms with Gasteiger partial charge < -0.3 is 4.57 Å². The summed E-state index contributed by atoms with van der Waals surface area (Å²) in [5.41, 5.74) is 6.69. The molecule has 0 aliphatic rings. The van der Waals surface area contributed by atoms with Gasteiger partial charge in [-0.2, -0.15) is 0 Å². The fourth-order valence-corrected chi connectivity index (χ4v) is 4.30. The van der Waals surface area contributed by atoms with Crippen molar-refractivity contribution in [3.05, 3.63) is 70.1 Å². The summed E-state index contributed by atoms with van der Waals surface area (Å²) >= 11 is 2.42. The van der Waals surface area contributed by atoms with Crippen molar-refractivity contribution in [1.82, 2.24) is 14.5 Å². The highest BCUT2D eigenvalue weighted by atomic mass is 127. The Kier molecular flexibility index (Phi) is 3.84. The molecule has 0 saturated heterocycles. The van der Waals surface area contributed by atoms with Crippen molar-refractivity contribution in [2.75, 3.05) is 0 Å². The molecule has 0 amide bonds. The number of hydrogen-bond donors (Lipinski definition) is 0. The molecule has 0 fully saturated rings. The molecule has 0 saturated carbocycles. The van der Waals surface area contributed by atoms with Gasteiger partial charge in [0.1, 0.15) is 12.0 Å². The van der Waals surface area contributed by atoms with Crippen LogP contribution in [0.3, 0.4) is 0 Å². The van der Waals surface area contributed by atoms with Gasteiger partial charge in [-0.05, 0) is 41.1 Å². The van der Waals surface area contributed by atoms with Crippen molar-refractivity contribution in [3.8, 4) is 22.5 Å². The highest BCUT2D eigenvalue weighted by molar-refractivity contribution is 14.1. The van der Waals surface area contributed by atoms with E-state index in [9.17, 15) is 0 Å². The van der Waals surface area contributed by atoms with Crippen LogP contribution in [-0.2, 0) is 7.05 Å². The van der Waals surface area contributed by atoms with Crippen LogP contribution in [0.15, 0.2) is 60.9 Å². The molecule has 2 heterocycles. The van der Waals surface area contributed by atoms with Gasteiger partial charge in [0, 0.05) is 12.6 Å². The average Bonchev–Trinajstić information content (AvgIpc) is 2.87. The number of nitrogens with zero attached hydrogens (tertiary/aromatic N) is 3. The second-order valence-corrected chi connectivity index (χ2v) is 6.96. The van der Waals surface area contributed by atoms with Crippen LogP contribution in [0, 0.1) is 10.5 Å². The van der Waals surface area contributed by atoms with E-state index >= 15 is 0 Å². The van der Waals surface area contributed by atoms with Gasteiger partial charge in [0.05, 0.1) is 20.3 Å². The van der Waals surface area contributed by atoms with E-state index in [1.54, 1.807) is 6.33 Å². The maximum absolute atomic E-state index is 4.60. The summed E-state index contributed by atoms with van der Waals surface area (Å²) in [7, 11) is 2.07. The first-order chi connectivity index (χ1) is 11.7. The Bertz CT molecular complexity index is 1040. The van der Waals surface area contributed by atoms with Crippen molar-refractivity contribution in [1.29, 1.82) is 0 Å². The molecule has 0 atom stereocenters. The van der Waals surface area contributed by atoms with Crippen LogP contribution in [0.5, 0.6) is 0 Å². The third-order valence-corrected chi connectivity index (χ3v) is 5.30. The predicted octanol–water partition coefficient (Wildman–Crippen LogP) is 5.22. The molecular weight excluding hydrogens is 409 g/mol. The lowest BCUT2D eigenvalue weighted by Gasteiger charge is -2.04. The minimum atomic E-state index is 0.963. The molecule has 2 aromatic carbocycles. The lowest BCUT2D eigenvalue weighted by atomic mass is 10.1. The average molecular weight is 425 g/mol. The standard InChI is InChI=1S/C20H16IN3/c1-13-7-6-10-15(11-13)18-16-17(21)19(14-8-4-3-5-9-14)24(2)20(16)23-12-22-18/h3-12H,1-2H3. The van der Waals surface area contributed by atoms with Gasteiger partial charge in [-0.25, -0.2) is 9.97 Å². The summed E-state index contributed by atoms with van der Waals surface area (Å²) in [6.45, 7) is 2.10. The second-order valence-electron chi connectivity index (χ2n) is 5.88. The van der Waals surface area contributed by atoms with E-state index in [0.29, 0.717) is 0 Å². The lowest BCUT2D eigenvalue weighted by Crippen LogP contribution is -1.94. The van der Waals surface area contributed by atoms with Gasteiger partial charge in [-0.3, -0.25) is 0 Å². The number of hydrogen-bond acceptors (Lipinski definition) is 2. The Morgan fingerprint density at radius 2 is 1.67 bits per heavy atom. The van der Waals surface area contributed by atoms with Gasteiger partial charge in [-0.1, -0.05) is 54.1 Å². The molecule has 24 heavy (non-hydrogen) atoms. The number of fused-ring (bicyclic) bond motifs is 1. The lowest BCUT2D eigenvalue weighted by molar-refractivity contribution is 0.950. The summed E-state index contributed by atoms with van der Waals surface area (Å²) in [5, 5.41) is 1.12. The molecule has 2 aromatic heterocycles. The Morgan fingerprint density at radius 1 is 0.917 bits per heavy atom. The highest BCUT2D eigenvalue weighted by Crippen LogP contribution is 2.37. The van der Waals surface area contributed by atoms with Gasteiger partial charge in [0.25, 0.3) is 0 Å². The normalized spacial score (nSPS) is 11.1. The molecular formula is C20H16IN3. The molecule has 0 aliphatic heterocycles. The van der Waals surface area contributed by atoms with E-state index in [4.69, 9.17) is 0 Å². The summed E-state index contributed by atoms with van der Waals surface area (Å²) in [4.78, 5) is 9.14. The first-order valence-electron chi connectivity index (χ1n) is 7.78. The zero-order valence-electron chi connectivity index (χ0n) is 13.5. The number of rotatable bonds is 2. The number of aryl methyl sites for hydroxylation is 2. The number of aromatic nitrogens is 3. The Hall–Kier alpha value is -2.21. The summed E-state index contributed by atoms with van der Waals surface area (Å²) in [5.74, 6) is 0. The monoisotopic (exact) mass is 425 g/mol. The van der Waals surface area contributed by atoms with Crippen molar-refractivity contribution < 1.29 is 0 Å². The minimum Gasteiger partial charge on any atom is -0.327 e. The second kappa shape index (κ2) is 6.02. The fourth-order valence-electron chi connectivity index (χ4n) is 3.13. The predicted molar refractivity (Wildman–Crippen MR) is 107 cm³/mol. The van der Waals surface area contributed by atoms with Crippen LogP contribution in [-0.4, -0.2) is 14.5 Å². The van der Waals surface area contributed by atoms with Crippen molar-refractivity contribution >= 4 is 33.6 Å². The maximum Gasteiger partial charge on any atom is 0.145 e. The van der Waals surface area contributed by atoms with E-state index < -0.39 is 0 Å². The third kappa shape index (κ3) is 2.41. The summed E-state index contributed by atoms with van der Waals surface area (Å²) in [6.07, 6.45) is 1.66. The third-order valence-electron chi connectivity index (χ3n) is 4.25. The molecule has 4 rings (SSSR count). The SMILES string of the molecule is Cc1cccc(-c2ncnc3c2c(I)c(-c2ccccc2)n3C)c1. The first kappa shape index (κ1) is 15.3. The highest BCUT2D eigenvalue weighted by Gasteiger charge is 2.19. The smallest absolute Gasteiger partial charge is 0.145 e. The van der Waals surface area contributed by atoms with Crippen molar-refractivity contribution in [2.45, 2.75) is 6.92 Å². The van der Waals surface area contributed by atoms with Gasteiger partial charge in [0.2, 0.25) is 0 Å². The topological polar surface area (TPSA) is 30.7 Å². The Balaban J connectivity index is 2.05. The van der Waals surface area contributed by atoms with E-state index in [1.165, 1.54) is 20.4 Å². The van der Waals surface area contributed by atoms with Gasteiger partial charge in [-0.15, -0.1) is 0 Å². The van der Waals surface area contributed by atoms with Crippen LogP contribution in [0.4, 0.5) is 0 Å². The van der Waals surface area contributed by atoms with Crippen LogP contribution < -0.4 is 0 Å². The molecule has 0 N–H and O–H groups in total. The number of benzene rings is 2. The van der Waals surface area contributed by atoms with Crippen LogP contribution >= 0.6 is 22.6 Å². The largest absolute Gasteiger partial charge is 0.327 e. The van der Waals surface area contributed by atoms with Gasteiger partial charge >= 0.3 is 0 Å². The van der Waals surface area contributed by atoms with Crippen molar-refractivity contribution in [3.63, 3.8) is 0 Å². The number of halogens is 1. The molecule has 0 spiro atoms. The molecule has 118 valence electrons.